The highest BCUT2D eigenvalue weighted by molar-refractivity contribution is 7.93. The summed E-state index contributed by atoms with van der Waals surface area (Å²) in [5.74, 6) is -2.67. The van der Waals surface area contributed by atoms with Gasteiger partial charge in [0.1, 0.15) is 35.9 Å². The second kappa shape index (κ2) is 43.4. The van der Waals surface area contributed by atoms with E-state index >= 15 is 0 Å². The first-order chi connectivity index (χ1) is 63.4. The Hall–Kier alpha value is -12.6. The largest absolute Gasteiger partial charge is 0.481 e. The number of aromatic nitrogens is 6. The molecule has 3 unspecified atom stereocenters. The van der Waals surface area contributed by atoms with E-state index in [1.54, 1.807) is 86.1 Å². The zero-order valence-electron chi connectivity index (χ0n) is 70.9. The summed E-state index contributed by atoms with van der Waals surface area (Å²) in [4.78, 5) is 84.8. The van der Waals surface area contributed by atoms with Crippen molar-refractivity contribution >= 4 is 154 Å². The van der Waals surface area contributed by atoms with Gasteiger partial charge in [-0.05, 0) is 197 Å². The van der Waals surface area contributed by atoms with Crippen molar-refractivity contribution in [3.8, 4) is 11.5 Å². The molecule has 0 bridgehead atoms. The molecule has 16 rings (SSSR count). The van der Waals surface area contributed by atoms with Crippen LogP contribution in [0.15, 0.2) is 256 Å². The summed E-state index contributed by atoms with van der Waals surface area (Å²) < 4.78 is 187. The summed E-state index contributed by atoms with van der Waals surface area (Å²) in [6, 6.07) is 46.7. The molecular weight excluding hydrogens is 1890 g/mol. The number of carbonyl (C=O) groups excluding carboxylic acids is 4. The van der Waals surface area contributed by atoms with Crippen LogP contribution in [0.25, 0.3) is 0 Å². The molecule has 4 saturated heterocycles. The molecule has 32 nitrogen and oxygen atoms in total. The molecule has 4 aliphatic rings. The van der Waals surface area contributed by atoms with Gasteiger partial charge in [-0.15, -0.1) is 22.7 Å². The van der Waals surface area contributed by atoms with Crippen LogP contribution in [0.5, 0.6) is 11.5 Å². The number of halogens is 7. The minimum atomic E-state index is -4.64. The highest BCUT2D eigenvalue weighted by Crippen LogP contribution is 2.38. The Balaban J connectivity index is 0.000000249. The Morgan fingerprint density at radius 2 is 1.02 bits per heavy atom. The molecule has 0 radical (unpaired) electrons. The molecular formula is C88H98Cl2F5N17O15S6. The number of alkyl halides is 3. The van der Waals surface area contributed by atoms with Crippen LogP contribution in [0, 0.1) is 25.5 Å². The average molecular weight is 1990 g/mol. The Morgan fingerprint density at radius 1 is 0.534 bits per heavy atom. The molecule has 4 atom stereocenters. The highest BCUT2D eigenvalue weighted by atomic mass is 35.5. The number of ether oxygens (including phenoxy) is 2. The first-order valence-corrected chi connectivity index (χ1v) is 49.3. The number of thiazole rings is 2. The molecule has 6 N–H and O–H groups in total. The SMILES string of the molecule is CC(Oc1ccc(Cl)c(C(F)(F)F)c1)C(=O)N1CCN(c2ccc(S(=O)(=O)Nc3ccncn3)cc2)CC1.Cc1ccc(C)c(CCN[C@H]2CCN(c3ccc(S(=O)(=O)Nc4nccs4)cc3)C2=O)c1.O=C(C(O)c1ccccc1Cl)N1CCN(c2ccc(S(=O)(=O)Nc3ccncn3)cc2)CC1.O=C1C(Oc2cc(F)ccc2F)CCN1c1ccc(S(=O)(=O)Nc2nccs2)cc1.[HH].[HH].[HH].[HH].[HH].[HH]. The number of amides is 4. The van der Waals surface area contributed by atoms with E-state index in [0.29, 0.717) is 92.5 Å². The minimum Gasteiger partial charge on any atom is -0.481 e. The third-order valence-corrected chi connectivity index (χ3v) is 29.0. The summed E-state index contributed by atoms with van der Waals surface area (Å²) in [5.41, 5.74) is 5.94. The molecule has 710 valence electrons. The van der Waals surface area contributed by atoms with Crippen LogP contribution in [0.3, 0.4) is 0 Å². The van der Waals surface area contributed by atoms with E-state index in [1.165, 1.54) is 156 Å². The summed E-state index contributed by atoms with van der Waals surface area (Å²) in [5, 5.41) is 17.7. The molecule has 4 aliphatic heterocycles. The van der Waals surface area contributed by atoms with E-state index in [1.807, 2.05) is 4.90 Å². The van der Waals surface area contributed by atoms with E-state index in [4.69, 9.17) is 32.7 Å². The summed E-state index contributed by atoms with van der Waals surface area (Å²) in [6.45, 7) is 10.9. The normalized spacial score (nSPS) is 15.8. The number of sulfonamides is 4. The number of hydrogen-bond acceptors (Lipinski definition) is 26. The standard InChI is InChI=1S/C24H23ClF3N5O4S.C23H26N4O3S2.C22H22ClN5O4S.C19H15F2N3O4S2.6H2/c1-16(37-18-4-7-21(25)20(14-18)24(26,27)28)23(34)33-12-10-32(11-13-33)17-2-5-19(6-3-17)38(35,36)31-22-8-9-29-15-30-22;1-16-3-4-17(2)18(15-16)9-11-24-21-10-13-27(22(21)28)19-5-7-20(8-6-19)32(29,30)26-23-25-12-14-31-23;23-19-4-2-1-3-18(19)21(29)22(30)28-13-11-27(12-14-28)16-5-7-17(8-6-16)33(31,32)26-20-9-10-24-15-25-20;20-12-1-6-15(21)17(11-12)28-16-7-9-24(18(16)25)13-2-4-14(5-3-13)30(26,27)23-19-22-8-10-29-19;;;;;;/h2-9,14-16H,10-13H2,1H3,(H,29,30,31);3-8,12,14-15,21,24H,9-11,13H2,1-2H3,(H,25,26);1-10,15,21,29H,11-14H2,(H,24,25,26);1-6,8,10-11,16H,7,9H2,(H,22,23);6*1H/t;21-;;;;;;;;/m.0......../s1. The van der Waals surface area contributed by atoms with Gasteiger partial charge in [0.15, 0.2) is 40.1 Å². The lowest BCUT2D eigenvalue weighted by atomic mass is 10.0. The first kappa shape index (κ1) is 97.9. The zero-order valence-corrected chi connectivity index (χ0v) is 77.3. The fourth-order valence-electron chi connectivity index (χ4n) is 14.3. The van der Waals surface area contributed by atoms with Crippen LogP contribution in [0.1, 0.15) is 62.2 Å². The molecule has 8 aromatic carbocycles. The van der Waals surface area contributed by atoms with Crippen molar-refractivity contribution in [2.75, 3.05) is 110 Å². The third kappa shape index (κ3) is 25.6. The van der Waals surface area contributed by atoms with Crippen LogP contribution in [0.4, 0.5) is 66.6 Å². The average Bonchev–Trinajstić information content (AvgIpc) is 1.42. The minimum absolute atomic E-state index is 0. The van der Waals surface area contributed by atoms with Gasteiger partial charge in [-0.3, -0.25) is 38.1 Å². The van der Waals surface area contributed by atoms with Gasteiger partial charge in [-0.1, -0.05) is 65.2 Å². The van der Waals surface area contributed by atoms with Gasteiger partial charge in [0.2, 0.25) is 5.91 Å². The van der Waals surface area contributed by atoms with Crippen molar-refractivity contribution in [2.24, 2.45) is 0 Å². The molecule has 0 spiro atoms. The van der Waals surface area contributed by atoms with Crippen LogP contribution in [-0.4, -0.2) is 192 Å². The Kier molecular flexibility index (Phi) is 32.0. The van der Waals surface area contributed by atoms with E-state index in [2.05, 4.69) is 91.1 Å². The highest BCUT2D eigenvalue weighted by Gasteiger charge is 2.38. The predicted molar refractivity (Wildman–Crippen MR) is 507 cm³/mol. The Morgan fingerprint density at radius 3 is 1.50 bits per heavy atom. The summed E-state index contributed by atoms with van der Waals surface area (Å²) in [7, 11) is -15.1. The second-order valence-electron chi connectivity index (χ2n) is 30.1. The van der Waals surface area contributed by atoms with Gasteiger partial charge in [0.25, 0.3) is 57.8 Å². The van der Waals surface area contributed by atoms with Gasteiger partial charge < -0.3 is 49.3 Å². The molecule has 4 fully saturated rings. The lowest BCUT2D eigenvalue weighted by Crippen LogP contribution is -2.52. The van der Waals surface area contributed by atoms with Crippen LogP contribution in [-0.2, 0) is 71.9 Å². The molecule has 4 amide bonds. The fraction of sp³-hybridized carbons (Fsp3) is 0.250. The number of carbonyl (C=O) groups is 4. The van der Waals surface area contributed by atoms with Crippen LogP contribution >= 0.6 is 45.9 Å². The van der Waals surface area contributed by atoms with E-state index in [-0.39, 0.29) is 86.6 Å². The maximum absolute atomic E-state index is 13.8. The van der Waals surface area contributed by atoms with Crippen molar-refractivity contribution in [1.29, 1.82) is 0 Å². The van der Waals surface area contributed by atoms with Gasteiger partial charge >= 0.3 is 6.18 Å². The molecule has 8 heterocycles. The number of piperazine rings is 2. The smallest absolute Gasteiger partial charge is 0.417 e. The van der Waals surface area contributed by atoms with Crippen LogP contribution < -0.4 is 53.3 Å². The number of aliphatic hydroxyl groups is 1. The number of aryl methyl sites for hydroxylation is 2. The Labute approximate surface area is 790 Å². The fourth-order valence-corrected chi connectivity index (χ4v) is 20.3. The molecule has 133 heavy (non-hydrogen) atoms. The molecule has 0 saturated carbocycles. The van der Waals surface area contributed by atoms with E-state index < -0.39 is 92.7 Å². The number of aliphatic hydroxyl groups excluding tert-OH is 1. The third-order valence-electron chi connectivity index (χ3n) is 21.2. The Bertz CT molecular complexity index is 6580. The zero-order chi connectivity index (χ0) is 94.9. The summed E-state index contributed by atoms with van der Waals surface area (Å²) in [6.07, 6.45) is 2.35. The van der Waals surface area contributed by atoms with Gasteiger partial charge in [-0.2, -0.15) is 13.2 Å². The van der Waals surface area contributed by atoms with E-state index in [0.717, 1.165) is 72.4 Å². The van der Waals surface area contributed by atoms with Crippen molar-refractivity contribution in [2.45, 2.75) is 90.1 Å². The molecule has 0 aliphatic carbocycles. The molecule has 45 heteroatoms. The number of hydrogen-bond donors (Lipinski definition) is 6. The monoisotopic (exact) mass is 1990 g/mol. The van der Waals surface area contributed by atoms with Crippen molar-refractivity contribution in [3.05, 3.63) is 286 Å². The molecule has 12 aromatic rings. The number of benzene rings is 8. The number of rotatable bonds is 27. The number of anilines is 8. The topological polar surface area (TPSA) is 400 Å². The lowest BCUT2D eigenvalue weighted by molar-refractivity contribution is -0.141. The maximum atomic E-state index is 13.8. The van der Waals surface area contributed by atoms with Crippen molar-refractivity contribution in [1.82, 2.24) is 45.0 Å². The van der Waals surface area contributed by atoms with E-state index in [9.17, 15) is 79.9 Å². The number of nitrogens with one attached hydrogen (secondary N) is 5. The predicted octanol–water partition coefficient (Wildman–Crippen LogP) is 14.8. The second-order valence-corrected chi connectivity index (χ2v) is 39.5. The lowest BCUT2D eigenvalue weighted by Gasteiger charge is -2.37. The molecule has 4 aromatic heterocycles. The van der Waals surface area contributed by atoms with Crippen molar-refractivity contribution < 1.29 is 97.9 Å². The van der Waals surface area contributed by atoms with Crippen LogP contribution in [0.2, 0.25) is 10.0 Å². The van der Waals surface area contributed by atoms with Gasteiger partial charge in [-0.25, -0.2) is 72.4 Å². The van der Waals surface area contributed by atoms with Crippen molar-refractivity contribution in [3.63, 3.8) is 0 Å². The van der Waals surface area contributed by atoms with Gasteiger partial charge in [0, 0.05) is 155 Å². The maximum Gasteiger partial charge on any atom is 0.417 e. The van der Waals surface area contributed by atoms with Gasteiger partial charge in [0.05, 0.1) is 36.2 Å². The quantitative estimate of drug-likeness (QED) is 0.0260. The summed E-state index contributed by atoms with van der Waals surface area (Å²) >= 11 is 14.1. The first-order valence-electron chi connectivity index (χ1n) is 40.9. The number of nitrogens with zero attached hydrogens (tertiary/aromatic N) is 12.